The summed E-state index contributed by atoms with van der Waals surface area (Å²) in [5.74, 6) is 0. The lowest BCUT2D eigenvalue weighted by Crippen LogP contribution is -2.43. The monoisotopic (exact) mass is 661 g/mol. The minimum Gasteiger partial charge on any atom is -0.310 e. The van der Waals surface area contributed by atoms with Gasteiger partial charge in [-0.25, -0.2) is 0 Å². The van der Waals surface area contributed by atoms with Crippen molar-refractivity contribution < 1.29 is 0 Å². The van der Waals surface area contributed by atoms with Gasteiger partial charge < -0.3 is 4.90 Å². The molecule has 0 heterocycles. The summed E-state index contributed by atoms with van der Waals surface area (Å²) in [4.78, 5) is 2.47. The second-order valence-corrected chi connectivity index (χ2v) is 17.0. The van der Waals surface area contributed by atoms with Gasteiger partial charge in [-0.05, 0) is 124 Å². The topological polar surface area (TPSA) is 3.24 Å². The summed E-state index contributed by atoms with van der Waals surface area (Å²) in [6, 6.07) is 52.6. The van der Waals surface area contributed by atoms with E-state index in [1.54, 1.807) is 0 Å². The van der Waals surface area contributed by atoms with Crippen molar-refractivity contribution in [1.29, 1.82) is 0 Å². The fourth-order valence-electron chi connectivity index (χ4n) is 9.36. The Morgan fingerprint density at radius 2 is 0.863 bits per heavy atom. The van der Waals surface area contributed by atoms with Gasteiger partial charge in [0.1, 0.15) is 0 Å². The van der Waals surface area contributed by atoms with Crippen LogP contribution < -0.4 is 4.90 Å². The minimum absolute atomic E-state index is 0.0320. The molecular weight excluding hydrogens is 615 g/mol. The molecule has 7 aromatic rings. The zero-order valence-electron chi connectivity index (χ0n) is 31.2. The van der Waals surface area contributed by atoms with Gasteiger partial charge in [-0.2, -0.15) is 0 Å². The Kier molecular flexibility index (Phi) is 6.67. The van der Waals surface area contributed by atoms with E-state index >= 15 is 0 Å². The molecule has 0 bridgehead atoms. The summed E-state index contributed by atoms with van der Waals surface area (Å²) in [5.41, 5.74) is 14.3. The van der Waals surface area contributed by atoms with Crippen LogP contribution in [0.25, 0.3) is 43.8 Å². The molecule has 7 aromatic carbocycles. The third kappa shape index (κ3) is 4.27. The lowest BCUT2D eigenvalue weighted by molar-refractivity contribution is 0.299. The highest BCUT2D eigenvalue weighted by atomic mass is 15.1. The molecule has 0 spiro atoms. The Balaban J connectivity index is 1.28. The molecule has 1 heteroatoms. The average molecular weight is 662 g/mol. The van der Waals surface area contributed by atoms with E-state index in [0.717, 1.165) is 5.69 Å². The smallest absolute Gasteiger partial charge is 0.0465 e. The molecule has 1 nitrogen and oxygen atoms in total. The van der Waals surface area contributed by atoms with Crippen molar-refractivity contribution in [3.05, 3.63) is 162 Å². The van der Waals surface area contributed by atoms with E-state index in [-0.39, 0.29) is 21.7 Å². The molecule has 0 N–H and O–H groups in total. The zero-order chi connectivity index (χ0) is 35.5. The summed E-state index contributed by atoms with van der Waals surface area (Å²) in [5, 5.41) is 5.26. The molecule has 0 saturated heterocycles. The van der Waals surface area contributed by atoms with E-state index < -0.39 is 0 Å². The van der Waals surface area contributed by atoms with E-state index in [9.17, 15) is 0 Å². The minimum atomic E-state index is -0.121. The van der Waals surface area contributed by atoms with Crippen LogP contribution in [0.1, 0.15) is 77.6 Å². The molecule has 0 aromatic heterocycles. The van der Waals surface area contributed by atoms with Crippen molar-refractivity contribution in [3.63, 3.8) is 0 Å². The average Bonchev–Trinajstić information content (AvgIpc) is 3.13. The molecule has 51 heavy (non-hydrogen) atoms. The lowest BCUT2D eigenvalue weighted by atomic mass is 9.55. The number of fused-ring (bicyclic) bond motifs is 10. The highest BCUT2D eigenvalue weighted by Crippen LogP contribution is 2.58. The number of para-hydroxylation sites is 1. The normalized spacial score (nSPS) is 17.3. The maximum atomic E-state index is 2.50. The number of anilines is 3. The van der Waals surface area contributed by atoms with Gasteiger partial charge in [0.05, 0.1) is 0 Å². The van der Waals surface area contributed by atoms with Crippen molar-refractivity contribution in [2.45, 2.75) is 77.0 Å². The molecule has 0 radical (unpaired) electrons. The molecule has 2 aliphatic rings. The zero-order valence-corrected chi connectivity index (χ0v) is 31.2. The Morgan fingerprint density at radius 3 is 1.59 bits per heavy atom. The van der Waals surface area contributed by atoms with Crippen LogP contribution in [0.5, 0.6) is 0 Å². The number of hydrogen-bond donors (Lipinski definition) is 0. The fourth-order valence-corrected chi connectivity index (χ4v) is 9.36. The first-order valence-electron chi connectivity index (χ1n) is 18.5. The molecular formula is C50H47N. The third-order valence-electron chi connectivity index (χ3n) is 13.8. The van der Waals surface area contributed by atoms with Gasteiger partial charge in [0.2, 0.25) is 0 Å². The predicted octanol–water partition coefficient (Wildman–Crippen LogP) is 13.9. The molecule has 0 atom stereocenters. The SMILES string of the molecule is CC1(C)c2ccccc2-c2ccc(N(c3ccccc3)c3ccc4c(c3)C(C)(C)C(C)(C)c3ccc5c(ccc6ccccc65)c3-4)cc2C1(C)C. The van der Waals surface area contributed by atoms with Gasteiger partial charge in [-0.15, -0.1) is 0 Å². The van der Waals surface area contributed by atoms with Gasteiger partial charge in [0.15, 0.2) is 0 Å². The predicted molar refractivity (Wildman–Crippen MR) is 219 cm³/mol. The highest BCUT2D eigenvalue weighted by Gasteiger charge is 2.48. The van der Waals surface area contributed by atoms with Crippen LogP contribution in [0, 0.1) is 0 Å². The Bertz CT molecular complexity index is 2530. The van der Waals surface area contributed by atoms with Crippen LogP contribution in [0.4, 0.5) is 17.1 Å². The Labute approximate surface area is 303 Å². The van der Waals surface area contributed by atoms with E-state index in [4.69, 9.17) is 0 Å². The van der Waals surface area contributed by atoms with Crippen LogP contribution in [-0.2, 0) is 21.7 Å². The second kappa shape index (κ2) is 10.7. The third-order valence-corrected chi connectivity index (χ3v) is 13.8. The fraction of sp³-hybridized carbons (Fsp3) is 0.240. The van der Waals surface area contributed by atoms with E-state index in [1.165, 1.54) is 77.4 Å². The van der Waals surface area contributed by atoms with Crippen LogP contribution in [-0.4, -0.2) is 0 Å². The molecule has 2 aliphatic carbocycles. The number of rotatable bonds is 3. The van der Waals surface area contributed by atoms with Gasteiger partial charge in [0.25, 0.3) is 0 Å². The Morgan fingerprint density at radius 1 is 0.333 bits per heavy atom. The first kappa shape index (κ1) is 31.8. The van der Waals surface area contributed by atoms with Crippen molar-refractivity contribution in [3.8, 4) is 22.3 Å². The highest BCUT2D eigenvalue weighted by molar-refractivity contribution is 6.13. The number of benzene rings is 7. The van der Waals surface area contributed by atoms with Crippen LogP contribution in [0.3, 0.4) is 0 Å². The van der Waals surface area contributed by atoms with Crippen LogP contribution >= 0.6 is 0 Å². The molecule has 9 rings (SSSR count). The van der Waals surface area contributed by atoms with Crippen LogP contribution in [0.2, 0.25) is 0 Å². The Hall–Kier alpha value is -5.14. The molecule has 0 aliphatic heterocycles. The molecule has 0 unspecified atom stereocenters. The summed E-state index contributed by atoms with van der Waals surface area (Å²) in [7, 11) is 0. The largest absolute Gasteiger partial charge is 0.310 e. The molecule has 0 saturated carbocycles. The van der Waals surface area contributed by atoms with E-state index in [1.807, 2.05) is 0 Å². The van der Waals surface area contributed by atoms with Crippen molar-refractivity contribution in [2.24, 2.45) is 0 Å². The van der Waals surface area contributed by atoms with Crippen LogP contribution in [0.15, 0.2) is 140 Å². The van der Waals surface area contributed by atoms with Gasteiger partial charge >= 0.3 is 0 Å². The van der Waals surface area contributed by atoms with E-state index in [0.29, 0.717) is 0 Å². The summed E-state index contributed by atoms with van der Waals surface area (Å²) >= 11 is 0. The van der Waals surface area contributed by atoms with Gasteiger partial charge in [-0.3, -0.25) is 0 Å². The molecule has 252 valence electrons. The molecule has 0 amide bonds. The quantitative estimate of drug-likeness (QED) is 0.170. The summed E-state index contributed by atoms with van der Waals surface area (Å²) in [6.45, 7) is 19.4. The summed E-state index contributed by atoms with van der Waals surface area (Å²) in [6.07, 6.45) is 0. The second-order valence-electron chi connectivity index (χ2n) is 17.0. The first-order valence-corrected chi connectivity index (χ1v) is 18.5. The maximum absolute atomic E-state index is 2.50. The summed E-state index contributed by atoms with van der Waals surface area (Å²) < 4.78 is 0. The van der Waals surface area contributed by atoms with E-state index in [2.05, 4.69) is 200 Å². The van der Waals surface area contributed by atoms with Gasteiger partial charge in [0, 0.05) is 17.1 Å². The molecule has 0 fully saturated rings. The van der Waals surface area contributed by atoms with Crippen molar-refractivity contribution in [1.82, 2.24) is 0 Å². The van der Waals surface area contributed by atoms with Gasteiger partial charge in [-0.1, -0.05) is 159 Å². The van der Waals surface area contributed by atoms with Crippen molar-refractivity contribution >= 4 is 38.6 Å². The van der Waals surface area contributed by atoms with Crippen molar-refractivity contribution in [2.75, 3.05) is 4.90 Å². The lowest BCUT2D eigenvalue weighted by Gasteiger charge is -2.49. The number of hydrogen-bond acceptors (Lipinski definition) is 1. The number of nitrogens with zero attached hydrogens (tertiary/aromatic N) is 1. The first-order chi connectivity index (χ1) is 24.3. The maximum Gasteiger partial charge on any atom is 0.0465 e. The standard InChI is InChI=1S/C50H47N/c1-47(2)42-21-15-14-20-38(42)39-26-23-34(30-44(39)49(47,5)6)51(33-17-10-9-11-18-33)35-24-27-41-45(31-35)50(7,8)48(3,4)43-29-28-37-36-19-13-12-16-32(36)22-25-40(37)46(41)43/h9-31H,1-8H3.